The number of ketones is 1. The van der Waals surface area contributed by atoms with Crippen LogP contribution >= 0.6 is 0 Å². The van der Waals surface area contributed by atoms with Crippen LogP contribution in [0.2, 0.25) is 0 Å². The van der Waals surface area contributed by atoms with Crippen LogP contribution in [0.1, 0.15) is 26.5 Å². The molecular formula is C22H18FN7O3. The molecule has 0 radical (unpaired) electrons. The van der Waals surface area contributed by atoms with Crippen LogP contribution in [-0.4, -0.2) is 59.7 Å². The maximum absolute atomic E-state index is 13.0. The van der Waals surface area contributed by atoms with E-state index >= 15 is 0 Å². The van der Waals surface area contributed by atoms with Crippen LogP contribution in [-0.2, 0) is 7.05 Å². The number of rotatable bonds is 7. The Morgan fingerprint density at radius 2 is 1.88 bits per heavy atom. The largest absolute Gasteiger partial charge is 0.395 e. The number of nitrogens with zero attached hydrogens (tertiary/aromatic N) is 6. The van der Waals surface area contributed by atoms with E-state index in [4.69, 9.17) is 5.11 Å². The van der Waals surface area contributed by atoms with Crippen LogP contribution in [0.3, 0.4) is 0 Å². The number of carbonyl (C=O) groups excluding carboxylic acids is 2. The number of aliphatic hydroxyl groups excluding tert-OH is 1. The average molecular weight is 447 g/mol. The molecule has 0 bridgehead atoms. The molecule has 2 N–H and O–H groups in total. The summed E-state index contributed by atoms with van der Waals surface area (Å²) in [5.41, 5.74) is 2.03. The molecule has 0 unspecified atom stereocenters. The van der Waals surface area contributed by atoms with Gasteiger partial charge in [-0.25, -0.2) is 15.0 Å². The highest BCUT2D eigenvalue weighted by Gasteiger charge is 2.16. The van der Waals surface area contributed by atoms with Gasteiger partial charge in [0.25, 0.3) is 5.91 Å². The van der Waals surface area contributed by atoms with Gasteiger partial charge < -0.3 is 10.4 Å². The molecule has 10 nitrogen and oxygen atoms in total. The lowest BCUT2D eigenvalue weighted by Gasteiger charge is -2.08. The van der Waals surface area contributed by atoms with Crippen molar-refractivity contribution < 1.29 is 19.1 Å². The fourth-order valence-corrected chi connectivity index (χ4v) is 2.97. The number of nitrogens with one attached hydrogen (secondary N) is 1. The van der Waals surface area contributed by atoms with E-state index in [0.717, 1.165) is 12.3 Å². The predicted molar refractivity (Wildman–Crippen MR) is 115 cm³/mol. The molecule has 0 fully saturated rings. The Morgan fingerprint density at radius 1 is 1.03 bits per heavy atom. The molecule has 0 aliphatic rings. The zero-order valence-corrected chi connectivity index (χ0v) is 17.4. The summed E-state index contributed by atoms with van der Waals surface area (Å²) in [5.74, 6) is -1.27. The molecule has 11 heteroatoms. The standard InChI is InChI=1S/C22H18FN7O3/c1-30-12-15(11-27-30)21-28-17(8-18(29-21)22(33)24-6-7-31)13-2-4-16(25-9-13)20(32)14-3-5-19(23)26-10-14/h2-5,8-12,31H,6-7H2,1H3,(H,24,33). The van der Waals surface area contributed by atoms with Gasteiger partial charge in [0, 0.05) is 43.3 Å². The summed E-state index contributed by atoms with van der Waals surface area (Å²) < 4.78 is 14.6. The van der Waals surface area contributed by atoms with Crippen molar-refractivity contribution in [2.75, 3.05) is 13.2 Å². The number of amides is 1. The van der Waals surface area contributed by atoms with Gasteiger partial charge in [-0.3, -0.25) is 19.3 Å². The first-order valence-corrected chi connectivity index (χ1v) is 9.84. The number of carbonyl (C=O) groups is 2. The fourth-order valence-electron chi connectivity index (χ4n) is 2.97. The van der Waals surface area contributed by atoms with Gasteiger partial charge in [0.1, 0.15) is 11.4 Å². The molecule has 0 spiro atoms. The molecular weight excluding hydrogens is 429 g/mol. The molecule has 0 aliphatic heterocycles. The van der Waals surface area contributed by atoms with E-state index in [-0.39, 0.29) is 35.9 Å². The summed E-state index contributed by atoms with van der Waals surface area (Å²) >= 11 is 0. The van der Waals surface area contributed by atoms with Crippen molar-refractivity contribution in [3.63, 3.8) is 0 Å². The molecule has 4 aromatic heterocycles. The number of pyridine rings is 2. The van der Waals surface area contributed by atoms with E-state index in [2.05, 4.69) is 30.4 Å². The molecule has 0 atom stereocenters. The van der Waals surface area contributed by atoms with Gasteiger partial charge in [0.05, 0.1) is 24.1 Å². The van der Waals surface area contributed by atoms with Crippen molar-refractivity contribution in [1.29, 1.82) is 0 Å². The third-order valence-electron chi connectivity index (χ3n) is 4.60. The second-order valence-electron chi connectivity index (χ2n) is 6.98. The van der Waals surface area contributed by atoms with Crippen LogP contribution in [0, 0.1) is 5.95 Å². The summed E-state index contributed by atoms with van der Waals surface area (Å²) in [5, 5.41) is 15.7. The van der Waals surface area contributed by atoms with E-state index in [1.54, 1.807) is 30.2 Å². The second kappa shape index (κ2) is 9.40. The first-order valence-electron chi connectivity index (χ1n) is 9.84. The SMILES string of the molecule is Cn1cc(-c2nc(C(=O)NCCO)cc(-c3ccc(C(=O)c4ccc(F)nc4)nc3)n2)cn1. The van der Waals surface area contributed by atoms with E-state index in [1.807, 2.05) is 0 Å². The lowest BCUT2D eigenvalue weighted by Crippen LogP contribution is -2.27. The Balaban J connectivity index is 1.69. The predicted octanol–water partition coefficient (Wildman–Crippen LogP) is 1.43. The van der Waals surface area contributed by atoms with Crippen LogP contribution in [0.5, 0.6) is 0 Å². The quantitative estimate of drug-likeness (QED) is 0.321. The molecule has 166 valence electrons. The molecule has 0 aliphatic carbocycles. The monoisotopic (exact) mass is 447 g/mol. The normalized spacial score (nSPS) is 10.8. The number of hydrogen-bond acceptors (Lipinski definition) is 8. The highest BCUT2D eigenvalue weighted by Crippen LogP contribution is 2.22. The summed E-state index contributed by atoms with van der Waals surface area (Å²) in [4.78, 5) is 41.6. The van der Waals surface area contributed by atoms with Gasteiger partial charge in [0.15, 0.2) is 5.82 Å². The molecule has 0 saturated heterocycles. The maximum Gasteiger partial charge on any atom is 0.270 e. The number of aromatic nitrogens is 6. The molecule has 4 aromatic rings. The zero-order valence-electron chi connectivity index (χ0n) is 17.4. The van der Waals surface area contributed by atoms with Crippen LogP contribution in [0.4, 0.5) is 4.39 Å². The minimum Gasteiger partial charge on any atom is -0.395 e. The minimum absolute atomic E-state index is 0.0804. The molecule has 0 aromatic carbocycles. The van der Waals surface area contributed by atoms with Crippen molar-refractivity contribution in [3.8, 4) is 22.6 Å². The number of aliphatic hydroxyl groups is 1. The van der Waals surface area contributed by atoms with Crippen molar-refractivity contribution in [2.24, 2.45) is 7.05 Å². The van der Waals surface area contributed by atoms with E-state index in [1.165, 1.54) is 24.4 Å². The molecule has 4 heterocycles. The number of hydrogen-bond donors (Lipinski definition) is 2. The Hall–Kier alpha value is -4.38. The smallest absolute Gasteiger partial charge is 0.270 e. The van der Waals surface area contributed by atoms with E-state index in [0.29, 0.717) is 16.8 Å². The number of halogens is 1. The molecule has 33 heavy (non-hydrogen) atoms. The third-order valence-corrected chi connectivity index (χ3v) is 4.60. The van der Waals surface area contributed by atoms with Gasteiger partial charge in [-0.2, -0.15) is 9.49 Å². The van der Waals surface area contributed by atoms with Crippen LogP contribution in [0.25, 0.3) is 22.6 Å². The Labute approximate surface area is 187 Å². The van der Waals surface area contributed by atoms with Gasteiger partial charge in [-0.15, -0.1) is 0 Å². The van der Waals surface area contributed by atoms with Crippen molar-refractivity contribution in [1.82, 2.24) is 35.0 Å². The highest BCUT2D eigenvalue weighted by molar-refractivity contribution is 6.07. The van der Waals surface area contributed by atoms with Crippen molar-refractivity contribution >= 4 is 11.7 Å². The molecule has 1 amide bonds. The van der Waals surface area contributed by atoms with Crippen LogP contribution in [0.15, 0.2) is 55.1 Å². The van der Waals surface area contributed by atoms with Crippen LogP contribution < -0.4 is 5.32 Å². The minimum atomic E-state index is -0.679. The second-order valence-corrected chi connectivity index (χ2v) is 6.98. The lowest BCUT2D eigenvalue weighted by molar-refractivity contribution is 0.0939. The van der Waals surface area contributed by atoms with Crippen molar-refractivity contribution in [3.05, 3.63) is 78.0 Å². The van der Waals surface area contributed by atoms with E-state index < -0.39 is 17.6 Å². The first kappa shape index (κ1) is 21.8. The average Bonchev–Trinajstić information content (AvgIpc) is 3.28. The van der Waals surface area contributed by atoms with Gasteiger partial charge in [-0.1, -0.05) is 0 Å². The number of aryl methyl sites for hydroxylation is 1. The first-order chi connectivity index (χ1) is 15.9. The Morgan fingerprint density at radius 3 is 2.52 bits per heavy atom. The summed E-state index contributed by atoms with van der Waals surface area (Å²) in [6.07, 6.45) is 5.89. The van der Waals surface area contributed by atoms with Gasteiger partial charge in [-0.05, 0) is 30.3 Å². The summed E-state index contributed by atoms with van der Waals surface area (Å²) in [6, 6.07) is 7.09. The topological polar surface area (TPSA) is 136 Å². The van der Waals surface area contributed by atoms with Crippen molar-refractivity contribution in [2.45, 2.75) is 0 Å². The summed E-state index contributed by atoms with van der Waals surface area (Å²) in [7, 11) is 1.75. The maximum atomic E-state index is 13.0. The zero-order chi connectivity index (χ0) is 23.4. The lowest BCUT2D eigenvalue weighted by atomic mass is 10.1. The van der Waals surface area contributed by atoms with Gasteiger partial charge >= 0.3 is 0 Å². The molecule has 4 rings (SSSR count). The van der Waals surface area contributed by atoms with E-state index in [9.17, 15) is 14.0 Å². The third kappa shape index (κ3) is 4.93. The fraction of sp³-hybridized carbons (Fsp3) is 0.136. The highest BCUT2D eigenvalue weighted by atomic mass is 19.1. The molecule has 0 saturated carbocycles. The Bertz CT molecular complexity index is 1300. The Kier molecular flexibility index (Phi) is 6.22. The van der Waals surface area contributed by atoms with Gasteiger partial charge in [0.2, 0.25) is 11.7 Å². The summed E-state index contributed by atoms with van der Waals surface area (Å²) in [6.45, 7) is -0.126.